The first kappa shape index (κ1) is 10.6. The maximum absolute atomic E-state index is 11.1. The molecular formula is C8H14N4O2. The number of nitrogens with one attached hydrogen (secondary N) is 1. The molecule has 0 atom stereocenters. The lowest BCUT2D eigenvalue weighted by Crippen LogP contribution is -2.24. The molecule has 1 rings (SSSR count). The van der Waals surface area contributed by atoms with Gasteiger partial charge >= 0.3 is 0 Å². The Morgan fingerprint density at radius 3 is 3.14 bits per heavy atom. The first-order chi connectivity index (χ1) is 6.77. The number of aryl methyl sites for hydroxylation is 1. The lowest BCUT2D eigenvalue weighted by Gasteiger charge is -2.04. The number of carbonyl (C=O) groups is 1. The molecule has 0 unspecified atom stereocenters. The molecule has 78 valence electrons. The summed E-state index contributed by atoms with van der Waals surface area (Å²) in [6, 6.07) is 0. The average Bonchev–Trinajstić information content (AvgIpc) is 2.62. The van der Waals surface area contributed by atoms with Gasteiger partial charge < -0.3 is 15.0 Å². The normalized spacial score (nSPS) is 10.1. The Labute approximate surface area is 82.0 Å². The number of aliphatic hydroxyl groups is 1. The molecule has 6 heteroatoms. The van der Waals surface area contributed by atoms with E-state index in [1.165, 1.54) is 6.33 Å². The smallest absolute Gasteiger partial charge is 0.221 e. The molecule has 0 saturated heterocycles. The summed E-state index contributed by atoms with van der Waals surface area (Å²) in [5, 5.41) is 18.9. The minimum atomic E-state index is -0.157. The Bertz CT molecular complexity index is 297. The molecule has 1 amide bonds. The Morgan fingerprint density at radius 1 is 1.71 bits per heavy atom. The highest BCUT2D eigenvalue weighted by Crippen LogP contribution is 1.96. The molecule has 0 aliphatic heterocycles. The molecule has 0 radical (unpaired) electrons. The van der Waals surface area contributed by atoms with Gasteiger partial charge in [0.05, 0.1) is 0 Å². The summed E-state index contributed by atoms with van der Waals surface area (Å²) in [6.45, 7) is 2.84. The molecule has 14 heavy (non-hydrogen) atoms. The highest BCUT2D eigenvalue weighted by molar-refractivity contribution is 5.75. The Kier molecular flexibility index (Phi) is 4.06. The van der Waals surface area contributed by atoms with Crippen molar-refractivity contribution in [1.29, 1.82) is 0 Å². The molecule has 2 N–H and O–H groups in total. The standard InChI is InChI=1S/C8H14N4O2/c1-2-9-8(14)3-4-12-6-10-11-7(12)5-13/h6,13H,2-5H2,1H3,(H,9,14). The first-order valence-corrected chi connectivity index (χ1v) is 4.52. The first-order valence-electron chi connectivity index (χ1n) is 4.52. The SMILES string of the molecule is CCNC(=O)CCn1cnnc1CO. The van der Waals surface area contributed by atoms with Gasteiger partial charge in [-0.15, -0.1) is 10.2 Å². The number of aromatic nitrogens is 3. The lowest BCUT2D eigenvalue weighted by atomic mass is 10.4. The number of hydrogen-bond donors (Lipinski definition) is 2. The third-order valence-electron chi connectivity index (χ3n) is 1.79. The minimum Gasteiger partial charge on any atom is -0.388 e. The summed E-state index contributed by atoms with van der Waals surface area (Å²) >= 11 is 0. The van der Waals surface area contributed by atoms with Crippen LogP contribution < -0.4 is 5.32 Å². The zero-order valence-electron chi connectivity index (χ0n) is 8.10. The lowest BCUT2D eigenvalue weighted by molar-refractivity contribution is -0.121. The number of aliphatic hydroxyl groups excluding tert-OH is 1. The van der Waals surface area contributed by atoms with E-state index in [9.17, 15) is 4.79 Å². The molecule has 6 nitrogen and oxygen atoms in total. The summed E-state index contributed by atoms with van der Waals surface area (Å²) in [6.07, 6.45) is 1.88. The van der Waals surface area contributed by atoms with Crippen LogP contribution in [0.15, 0.2) is 6.33 Å². The average molecular weight is 198 g/mol. The van der Waals surface area contributed by atoms with Crippen molar-refractivity contribution >= 4 is 5.91 Å². The number of hydrogen-bond acceptors (Lipinski definition) is 4. The van der Waals surface area contributed by atoms with E-state index in [2.05, 4.69) is 15.5 Å². The van der Waals surface area contributed by atoms with Crippen molar-refractivity contribution in [2.75, 3.05) is 6.54 Å². The van der Waals surface area contributed by atoms with Gasteiger partial charge in [-0.1, -0.05) is 0 Å². The maximum Gasteiger partial charge on any atom is 0.221 e. The van der Waals surface area contributed by atoms with Crippen LogP contribution in [0, 0.1) is 0 Å². The van der Waals surface area contributed by atoms with Crippen LogP contribution in [-0.4, -0.2) is 32.3 Å². The Hall–Kier alpha value is -1.43. The fourth-order valence-corrected chi connectivity index (χ4v) is 1.10. The summed E-state index contributed by atoms with van der Waals surface area (Å²) < 4.78 is 1.66. The minimum absolute atomic E-state index is 0.00918. The maximum atomic E-state index is 11.1. The molecule has 1 heterocycles. The van der Waals surface area contributed by atoms with E-state index in [0.717, 1.165) is 0 Å². The van der Waals surface area contributed by atoms with Crippen molar-refractivity contribution in [3.05, 3.63) is 12.2 Å². The molecule has 0 saturated carbocycles. The molecule has 1 aromatic rings. The largest absolute Gasteiger partial charge is 0.388 e. The summed E-state index contributed by atoms with van der Waals surface area (Å²) in [5.41, 5.74) is 0. The second kappa shape index (κ2) is 5.33. The zero-order valence-corrected chi connectivity index (χ0v) is 8.10. The fourth-order valence-electron chi connectivity index (χ4n) is 1.10. The van der Waals surface area contributed by atoms with Crippen LogP contribution in [0.4, 0.5) is 0 Å². The third kappa shape index (κ3) is 2.81. The van der Waals surface area contributed by atoms with Crippen molar-refractivity contribution < 1.29 is 9.90 Å². The van der Waals surface area contributed by atoms with Crippen molar-refractivity contribution in [2.24, 2.45) is 0 Å². The van der Waals surface area contributed by atoms with Crippen LogP contribution in [0.2, 0.25) is 0 Å². The molecule has 1 aromatic heterocycles. The summed E-state index contributed by atoms with van der Waals surface area (Å²) in [7, 11) is 0. The monoisotopic (exact) mass is 198 g/mol. The van der Waals surface area contributed by atoms with Crippen LogP contribution >= 0.6 is 0 Å². The van der Waals surface area contributed by atoms with Gasteiger partial charge in [0.2, 0.25) is 5.91 Å². The van der Waals surface area contributed by atoms with E-state index < -0.39 is 0 Å². The predicted octanol–water partition coefficient (Wildman–Crippen LogP) is -0.703. The van der Waals surface area contributed by atoms with E-state index in [1.54, 1.807) is 4.57 Å². The van der Waals surface area contributed by atoms with E-state index in [4.69, 9.17) is 5.11 Å². The number of carbonyl (C=O) groups excluding carboxylic acids is 1. The van der Waals surface area contributed by atoms with Gasteiger partial charge in [-0.05, 0) is 6.92 Å². The Morgan fingerprint density at radius 2 is 2.50 bits per heavy atom. The highest BCUT2D eigenvalue weighted by atomic mass is 16.3. The molecule has 0 fully saturated rings. The van der Waals surface area contributed by atoms with Gasteiger partial charge in [-0.25, -0.2) is 0 Å². The summed E-state index contributed by atoms with van der Waals surface area (Å²) in [4.78, 5) is 11.1. The van der Waals surface area contributed by atoms with Crippen molar-refractivity contribution in [1.82, 2.24) is 20.1 Å². The van der Waals surface area contributed by atoms with E-state index in [-0.39, 0.29) is 12.5 Å². The van der Waals surface area contributed by atoms with Crippen LogP contribution in [0.25, 0.3) is 0 Å². The van der Waals surface area contributed by atoms with E-state index >= 15 is 0 Å². The predicted molar refractivity (Wildman–Crippen MR) is 49.2 cm³/mol. The fraction of sp³-hybridized carbons (Fsp3) is 0.625. The molecule has 0 aliphatic rings. The molecule has 0 aliphatic carbocycles. The zero-order chi connectivity index (χ0) is 10.4. The van der Waals surface area contributed by atoms with Crippen molar-refractivity contribution in [3.8, 4) is 0 Å². The van der Waals surface area contributed by atoms with Crippen LogP contribution in [0.3, 0.4) is 0 Å². The van der Waals surface area contributed by atoms with Gasteiger partial charge in [-0.3, -0.25) is 4.79 Å². The van der Waals surface area contributed by atoms with Crippen LogP contribution in [0.1, 0.15) is 19.2 Å². The topological polar surface area (TPSA) is 80.0 Å². The molecular weight excluding hydrogens is 184 g/mol. The number of rotatable bonds is 5. The van der Waals surface area contributed by atoms with Crippen molar-refractivity contribution in [2.45, 2.75) is 26.5 Å². The van der Waals surface area contributed by atoms with E-state index in [0.29, 0.717) is 25.3 Å². The third-order valence-corrected chi connectivity index (χ3v) is 1.79. The summed E-state index contributed by atoms with van der Waals surface area (Å²) in [5.74, 6) is 0.472. The van der Waals surface area contributed by atoms with Gasteiger partial charge in [0.25, 0.3) is 0 Å². The van der Waals surface area contributed by atoms with Gasteiger partial charge in [0.15, 0.2) is 5.82 Å². The van der Waals surface area contributed by atoms with Gasteiger partial charge in [0.1, 0.15) is 12.9 Å². The van der Waals surface area contributed by atoms with Crippen LogP contribution in [-0.2, 0) is 17.9 Å². The van der Waals surface area contributed by atoms with Crippen molar-refractivity contribution in [3.63, 3.8) is 0 Å². The molecule has 0 spiro atoms. The number of nitrogens with zero attached hydrogens (tertiary/aromatic N) is 3. The highest BCUT2D eigenvalue weighted by Gasteiger charge is 2.04. The molecule has 0 bridgehead atoms. The Balaban J connectivity index is 2.41. The quantitative estimate of drug-likeness (QED) is 0.655. The van der Waals surface area contributed by atoms with Gasteiger partial charge in [-0.2, -0.15) is 0 Å². The van der Waals surface area contributed by atoms with Crippen LogP contribution in [0.5, 0.6) is 0 Å². The van der Waals surface area contributed by atoms with Gasteiger partial charge in [0, 0.05) is 19.5 Å². The van der Waals surface area contributed by atoms with E-state index in [1.807, 2.05) is 6.92 Å². The second-order valence-corrected chi connectivity index (χ2v) is 2.80. The molecule has 0 aromatic carbocycles. The second-order valence-electron chi connectivity index (χ2n) is 2.80. The number of amides is 1.